The summed E-state index contributed by atoms with van der Waals surface area (Å²) in [5, 5.41) is 10.4. The van der Waals surface area contributed by atoms with Crippen molar-refractivity contribution in [1.29, 1.82) is 0 Å². The Bertz CT molecular complexity index is 1110. The molecule has 2 aromatic carbocycles. The zero-order valence-corrected chi connectivity index (χ0v) is 17.2. The van der Waals surface area contributed by atoms with Gasteiger partial charge in [-0.3, -0.25) is 14.8 Å². The SMILES string of the molecule is C=CCOc1ccc(NS(=O)(=O)c2nnc(NC(=O)c3ccc(Cl)cc3)s2)cc1. The highest BCUT2D eigenvalue weighted by molar-refractivity contribution is 7.94. The van der Waals surface area contributed by atoms with Gasteiger partial charge >= 0.3 is 0 Å². The minimum atomic E-state index is -3.96. The number of ether oxygens (including phenoxy) is 1. The molecule has 0 aliphatic heterocycles. The van der Waals surface area contributed by atoms with Crippen molar-refractivity contribution in [2.24, 2.45) is 0 Å². The van der Waals surface area contributed by atoms with Crippen molar-refractivity contribution < 1.29 is 17.9 Å². The van der Waals surface area contributed by atoms with Crippen molar-refractivity contribution >= 4 is 49.7 Å². The highest BCUT2D eigenvalue weighted by Crippen LogP contribution is 2.24. The number of amides is 1. The summed E-state index contributed by atoms with van der Waals surface area (Å²) in [7, 11) is -3.96. The lowest BCUT2D eigenvalue weighted by Crippen LogP contribution is -2.12. The number of nitrogens with one attached hydrogen (secondary N) is 2. The Kier molecular flexibility index (Phi) is 6.47. The maximum absolute atomic E-state index is 12.5. The van der Waals surface area contributed by atoms with Crippen molar-refractivity contribution in [2.75, 3.05) is 16.6 Å². The lowest BCUT2D eigenvalue weighted by atomic mass is 10.2. The summed E-state index contributed by atoms with van der Waals surface area (Å²) in [5.74, 6) is 0.126. The Morgan fingerprint density at radius 2 is 1.83 bits per heavy atom. The highest BCUT2D eigenvalue weighted by Gasteiger charge is 2.21. The van der Waals surface area contributed by atoms with E-state index >= 15 is 0 Å². The molecule has 0 saturated heterocycles. The van der Waals surface area contributed by atoms with Crippen molar-refractivity contribution in [2.45, 2.75) is 4.34 Å². The Balaban J connectivity index is 1.67. The average molecular weight is 451 g/mol. The molecule has 0 radical (unpaired) electrons. The molecular weight excluding hydrogens is 436 g/mol. The molecule has 0 saturated carbocycles. The molecule has 1 amide bonds. The molecule has 11 heteroatoms. The first kappa shape index (κ1) is 20.8. The van der Waals surface area contributed by atoms with Crippen LogP contribution in [0.3, 0.4) is 0 Å². The topological polar surface area (TPSA) is 110 Å². The summed E-state index contributed by atoms with van der Waals surface area (Å²) in [4.78, 5) is 12.2. The van der Waals surface area contributed by atoms with E-state index in [1.807, 2.05) is 0 Å². The number of aromatic nitrogens is 2. The summed E-state index contributed by atoms with van der Waals surface area (Å²) in [6.07, 6.45) is 1.61. The van der Waals surface area contributed by atoms with Gasteiger partial charge in [-0.2, -0.15) is 8.42 Å². The maximum Gasteiger partial charge on any atom is 0.291 e. The van der Waals surface area contributed by atoms with Crippen LogP contribution >= 0.6 is 22.9 Å². The fourth-order valence-electron chi connectivity index (χ4n) is 2.11. The number of carbonyl (C=O) groups is 1. The fourth-order valence-corrected chi connectivity index (χ4v) is 4.19. The first-order chi connectivity index (χ1) is 13.9. The molecular formula is C18H15ClN4O4S2. The highest BCUT2D eigenvalue weighted by atomic mass is 35.5. The smallest absolute Gasteiger partial charge is 0.291 e. The van der Waals surface area contributed by atoms with Crippen molar-refractivity contribution in [3.05, 3.63) is 71.8 Å². The van der Waals surface area contributed by atoms with Crippen molar-refractivity contribution in [1.82, 2.24) is 10.2 Å². The second-order valence-corrected chi connectivity index (χ2v) is 8.83. The summed E-state index contributed by atoms with van der Waals surface area (Å²) in [6, 6.07) is 12.6. The molecule has 0 aliphatic rings. The van der Waals surface area contributed by atoms with Crippen LogP contribution in [-0.2, 0) is 10.0 Å². The first-order valence-electron chi connectivity index (χ1n) is 8.14. The number of carbonyl (C=O) groups excluding carboxylic acids is 1. The minimum Gasteiger partial charge on any atom is -0.490 e. The van der Waals surface area contributed by atoms with Crippen LogP contribution in [0.5, 0.6) is 5.75 Å². The van der Waals surface area contributed by atoms with E-state index in [1.165, 1.54) is 0 Å². The zero-order valence-electron chi connectivity index (χ0n) is 14.8. The maximum atomic E-state index is 12.5. The zero-order chi connectivity index (χ0) is 20.9. The quantitative estimate of drug-likeness (QED) is 0.399. The van der Waals surface area contributed by atoms with Crippen LogP contribution < -0.4 is 14.8 Å². The van der Waals surface area contributed by atoms with Gasteiger partial charge in [0.15, 0.2) is 0 Å². The third-order valence-electron chi connectivity index (χ3n) is 3.44. The summed E-state index contributed by atoms with van der Waals surface area (Å²) in [6.45, 7) is 3.90. The molecule has 0 spiro atoms. The van der Waals surface area contributed by atoms with E-state index in [0.717, 1.165) is 11.3 Å². The van der Waals surface area contributed by atoms with Gasteiger partial charge in [-0.15, -0.1) is 10.2 Å². The van der Waals surface area contributed by atoms with Crippen LogP contribution in [0.2, 0.25) is 5.02 Å². The summed E-state index contributed by atoms with van der Waals surface area (Å²) in [5.41, 5.74) is 0.684. The molecule has 3 aromatic rings. The average Bonchev–Trinajstić information content (AvgIpc) is 3.17. The number of benzene rings is 2. The molecule has 0 bridgehead atoms. The largest absolute Gasteiger partial charge is 0.490 e. The van der Waals surface area contributed by atoms with Gasteiger partial charge in [-0.25, -0.2) is 0 Å². The number of halogens is 1. The van der Waals surface area contributed by atoms with E-state index in [2.05, 4.69) is 26.8 Å². The molecule has 0 atom stereocenters. The molecule has 150 valence electrons. The van der Waals surface area contributed by atoms with E-state index < -0.39 is 15.9 Å². The fraction of sp³-hybridized carbons (Fsp3) is 0.0556. The van der Waals surface area contributed by atoms with Gasteiger partial charge in [0, 0.05) is 16.3 Å². The van der Waals surface area contributed by atoms with Crippen molar-refractivity contribution in [3.8, 4) is 5.75 Å². The second kappa shape index (κ2) is 9.03. The Morgan fingerprint density at radius 3 is 2.48 bits per heavy atom. The molecule has 2 N–H and O–H groups in total. The Hall–Kier alpha value is -2.95. The normalized spacial score (nSPS) is 10.9. The lowest BCUT2D eigenvalue weighted by Gasteiger charge is -2.07. The van der Waals surface area contributed by atoms with Gasteiger partial charge in [-0.05, 0) is 48.5 Å². The lowest BCUT2D eigenvalue weighted by molar-refractivity contribution is 0.102. The van der Waals surface area contributed by atoms with E-state index in [4.69, 9.17) is 16.3 Å². The van der Waals surface area contributed by atoms with Gasteiger partial charge in [0.05, 0.1) is 0 Å². The second-order valence-electron chi connectivity index (χ2n) is 5.56. The van der Waals surface area contributed by atoms with Crippen LogP contribution in [0, 0.1) is 0 Å². The molecule has 0 aliphatic carbocycles. The van der Waals surface area contributed by atoms with Gasteiger partial charge in [-0.1, -0.05) is 35.6 Å². The predicted octanol–water partition coefficient (Wildman–Crippen LogP) is 3.81. The van der Waals surface area contributed by atoms with Gasteiger partial charge in [0.1, 0.15) is 12.4 Å². The van der Waals surface area contributed by atoms with Crippen LogP contribution in [-0.4, -0.2) is 31.1 Å². The molecule has 0 fully saturated rings. The third kappa shape index (κ3) is 5.53. The van der Waals surface area contributed by atoms with Gasteiger partial charge in [0.25, 0.3) is 20.3 Å². The standard InChI is InChI=1S/C18H15ClN4O4S2/c1-2-11-27-15-9-7-14(8-10-15)23-29(25,26)18-22-21-17(28-18)20-16(24)12-3-5-13(19)6-4-12/h2-10,23H,1,11H2,(H,20,21,24). The number of sulfonamides is 1. The minimum absolute atomic E-state index is 0.0542. The third-order valence-corrected chi connectivity index (χ3v) is 6.28. The molecule has 1 heterocycles. The van der Waals surface area contributed by atoms with E-state index in [9.17, 15) is 13.2 Å². The number of anilines is 2. The van der Waals surface area contributed by atoms with Crippen LogP contribution in [0.1, 0.15) is 10.4 Å². The molecule has 1 aromatic heterocycles. The number of hydrogen-bond acceptors (Lipinski definition) is 7. The number of hydrogen-bond donors (Lipinski definition) is 2. The monoisotopic (exact) mass is 450 g/mol. The molecule has 0 unspecified atom stereocenters. The number of nitrogens with zero attached hydrogens (tertiary/aromatic N) is 2. The van der Waals surface area contributed by atoms with Crippen molar-refractivity contribution in [3.63, 3.8) is 0 Å². The van der Waals surface area contributed by atoms with E-state index in [0.29, 0.717) is 28.6 Å². The Morgan fingerprint density at radius 1 is 1.14 bits per heavy atom. The molecule has 29 heavy (non-hydrogen) atoms. The van der Waals surface area contributed by atoms with E-state index in [1.54, 1.807) is 54.6 Å². The summed E-state index contributed by atoms with van der Waals surface area (Å²) < 4.78 is 32.4. The van der Waals surface area contributed by atoms with Gasteiger partial charge in [0.2, 0.25) is 5.13 Å². The summed E-state index contributed by atoms with van der Waals surface area (Å²) >= 11 is 6.52. The van der Waals surface area contributed by atoms with Crippen LogP contribution in [0.4, 0.5) is 10.8 Å². The predicted molar refractivity (Wildman–Crippen MR) is 112 cm³/mol. The molecule has 3 rings (SSSR count). The first-order valence-corrected chi connectivity index (χ1v) is 10.8. The Labute approximate surface area is 176 Å². The molecule has 8 nitrogen and oxygen atoms in total. The van der Waals surface area contributed by atoms with Crippen LogP contribution in [0.15, 0.2) is 65.5 Å². The number of rotatable bonds is 8. The van der Waals surface area contributed by atoms with E-state index in [-0.39, 0.29) is 9.47 Å². The van der Waals surface area contributed by atoms with Crippen LogP contribution in [0.25, 0.3) is 0 Å². The van der Waals surface area contributed by atoms with Gasteiger partial charge < -0.3 is 4.74 Å².